The third-order valence-electron chi connectivity index (χ3n) is 7.18. The Kier molecular flexibility index (Phi) is 8.68. The number of non-ortho nitro benzene ring substituents is 1. The molecule has 1 aromatic heterocycles. The Bertz CT molecular complexity index is 1890. The number of carbonyl (C=O) groups is 1. The van der Waals surface area contributed by atoms with Gasteiger partial charge in [-0.2, -0.15) is 0 Å². The number of benzene rings is 3. The first kappa shape index (κ1) is 29.7. The van der Waals surface area contributed by atoms with Gasteiger partial charge in [0.15, 0.2) is 4.80 Å². The predicted molar refractivity (Wildman–Crippen MR) is 165 cm³/mol. The van der Waals surface area contributed by atoms with Crippen LogP contribution < -0.4 is 19.6 Å². The van der Waals surface area contributed by atoms with E-state index in [0.29, 0.717) is 37.8 Å². The highest BCUT2D eigenvalue weighted by atomic mass is 32.1. The summed E-state index contributed by atoms with van der Waals surface area (Å²) in [6.45, 7) is 8.13. The average molecular weight is 598 g/mol. The molecule has 0 saturated carbocycles. The number of nitrogens with zero attached hydrogens (tertiary/aromatic N) is 3. The van der Waals surface area contributed by atoms with Crippen molar-refractivity contribution < 1.29 is 19.2 Å². The van der Waals surface area contributed by atoms with Crippen LogP contribution in [0.5, 0.6) is 5.75 Å². The van der Waals surface area contributed by atoms with E-state index >= 15 is 0 Å². The molecule has 4 aromatic rings. The highest BCUT2D eigenvalue weighted by molar-refractivity contribution is 7.07. The molecule has 0 radical (unpaired) electrons. The molecule has 43 heavy (non-hydrogen) atoms. The number of thiazole rings is 1. The van der Waals surface area contributed by atoms with Gasteiger partial charge in [-0.05, 0) is 60.7 Å². The van der Waals surface area contributed by atoms with Crippen LogP contribution in [0.2, 0.25) is 0 Å². The van der Waals surface area contributed by atoms with Gasteiger partial charge in [-0.15, -0.1) is 0 Å². The molecular weight excluding hydrogens is 566 g/mol. The van der Waals surface area contributed by atoms with E-state index in [-0.39, 0.29) is 24.5 Å². The number of aromatic nitrogens is 1. The van der Waals surface area contributed by atoms with Crippen LogP contribution in [-0.2, 0) is 16.1 Å². The fraction of sp³-hybridized carbons (Fsp3) is 0.242. The van der Waals surface area contributed by atoms with Crippen LogP contribution in [0, 0.1) is 10.1 Å². The van der Waals surface area contributed by atoms with Crippen molar-refractivity contribution in [3.05, 3.63) is 136 Å². The van der Waals surface area contributed by atoms with Gasteiger partial charge in [-0.3, -0.25) is 19.5 Å². The number of hydrogen-bond acceptors (Lipinski definition) is 8. The molecule has 1 atom stereocenters. The Hall–Kier alpha value is -4.83. The normalized spacial score (nSPS) is 14.8. The summed E-state index contributed by atoms with van der Waals surface area (Å²) in [7, 11) is 0. The molecule has 2 heterocycles. The Morgan fingerprint density at radius 2 is 1.79 bits per heavy atom. The summed E-state index contributed by atoms with van der Waals surface area (Å²) in [6.07, 6.45) is 1.76. The molecule has 0 spiro atoms. The summed E-state index contributed by atoms with van der Waals surface area (Å²) in [5.74, 6) is 0.386. The van der Waals surface area contributed by atoms with E-state index in [1.807, 2.05) is 42.5 Å². The first-order valence-corrected chi connectivity index (χ1v) is 14.7. The van der Waals surface area contributed by atoms with Crippen LogP contribution >= 0.6 is 11.3 Å². The molecule has 0 bridgehead atoms. The second kappa shape index (κ2) is 12.6. The number of ether oxygens (including phenoxy) is 2. The van der Waals surface area contributed by atoms with E-state index in [9.17, 15) is 19.7 Å². The zero-order valence-corrected chi connectivity index (χ0v) is 25.1. The highest BCUT2D eigenvalue weighted by Gasteiger charge is 2.33. The molecule has 1 aliphatic heterocycles. The number of fused-ring (bicyclic) bond motifs is 1. The van der Waals surface area contributed by atoms with Crippen molar-refractivity contribution in [1.29, 1.82) is 0 Å². The third kappa shape index (κ3) is 6.19. The van der Waals surface area contributed by atoms with E-state index in [4.69, 9.17) is 9.47 Å². The number of hydrogen-bond donors (Lipinski definition) is 0. The lowest BCUT2D eigenvalue weighted by Crippen LogP contribution is -2.39. The number of para-hydroxylation sites is 1. The molecule has 0 amide bonds. The second-order valence-corrected chi connectivity index (χ2v) is 11.4. The quantitative estimate of drug-likeness (QED) is 0.145. The topological polar surface area (TPSA) is 113 Å². The molecule has 3 aromatic carbocycles. The van der Waals surface area contributed by atoms with Gasteiger partial charge in [-0.25, -0.2) is 9.79 Å². The maximum atomic E-state index is 14.0. The van der Waals surface area contributed by atoms with Crippen LogP contribution in [-0.4, -0.2) is 22.1 Å². The zero-order chi connectivity index (χ0) is 30.7. The van der Waals surface area contributed by atoms with E-state index in [0.717, 1.165) is 16.7 Å². The molecule has 5 rings (SSSR count). The van der Waals surface area contributed by atoms with Gasteiger partial charge in [0.25, 0.3) is 11.2 Å². The molecule has 220 valence electrons. The van der Waals surface area contributed by atoms with Crippen LogP contribution in [0.4, 0.5) is 5.69 Å². The van der Waals surface area contributed by atoms with E-state index in [2.05, 4.69) is 18.8 Å². The second-order valence-electron chi connectivity index (χ2n) is 10.4. The monoisotopic (exact) mass is 597 g/mol. The predicted octanol–water partition coefficient (Wildman–Crippen LogP) is 5.41. The van der Waals surface area contributed by atoms with Gasteiger partial charge >= 0.3 is 5.97 Å². The van der Waals surface area contributed by atoms with Gasteiger partial charge in [0.2, 0.25) is 0 Å². The summed E-state index contributed by atoms with van der Waals surface area (Å²) in [5, 5.41) is 11.0. The minimum Gasteiger partial charge on any atom is -0.488 e. The van der Waals surface area contributed by atoms with E-state index < -0.39 is 16.9 Å². The Balaban J connectivity index is 1.55. The van der Waals surface area contributed by atoms with Gasteiger partial charge in [0.1, 0.15) is 12.4 Å². The largest absolute Gasteiger partial charge is 0.488 e. The minimum atomic E-state index is -0.688. The Labute approximate surface area is 252 Å². The SMILES string of the molecule is CCOC(=O)C1=C(C)N=c2s/c(=C\c3ccccc3OCc3ccc([N+](=O)[O-])cc3)c(=O)n2[C@H]1c1ccc(C(C)C)cc1. The first-order chi connectivity index (χ1) is 20.7. The minimum absolute atomic E-state index is 0.00930. The Morgan fingerprint density at radius 1 is 1.09 bits per heavy atom. The highest BCUT2D eigenvalue weighted by Crippen LogP contribution is 2.31. The fourth-order valence-corrected chi connectivity index (χ4v) is 5.96. The summed E-state index contributed by atoms with van der Waals surface area (Å²) in [4.78, 5) is 42.8. The Morgan fingerprint density at radius 3 is 2.44 bits per heavy atom. The number of nitro benzene ring substituents is 1. The molecule has 10 heteroatoms. The molecule has 0 unspecified atom stereocenters. The van der Waals surface area contributed by atoms with Crippen molar-refractivity contribution in [3.8, 4) is 5.75 Å². The lowest BCUT2D eigenvalue weighted by Gasteiger charge is -2.25. The zero-order valence-electron chi connectivity index (χ0n) is 24.3. The smallest absolute Gasteiger partial charge is 0.338 e. The van der Waals surface area contributed by atoms with Crippen LogP contribution in [0.15, 0.2) is 93.9 Å². The molecule has 0 aliphatic carbocycles. The summed E-state index contributed by atoms with van der Waals surface area (Å²) >= 11 is 1.24. The van der Waals surface area contributed by atoms with Gasteiger partial charge in [0, 0.05) is 17.7 Å². The number of carbonyl (C=O) groups excluding carboxylic acids is 1. The number of allylic oxidation sites excluding steroid dienone is 1. The van der Waals surface area contributed by atoms with Crippen molar-refractivity contribution in [2.24, 2.45) is 4.99 Å². The average Bonchev–Trinajstić information content (AvgIpc) is 3.30. The van der Waals surface area contributed by atoms with Crippen molar-refractivity contribution in [2.45, 2.75) is 46.3 Å². The summed E-state index contributed by atoms with van der Waals surface area (Å²) in [5.41, 5.74) is 3.98. The molecule has 9 nitrogen and oxygen atoms in total. The number of rotatable bonds is 9. The van der Waals surface area contributed by atoms with Crippen molar-refractivity contribution in [2.75, 3.05) is 6.61 Å². The van der Waals surface area contributed by atoms with Gasteiger partial charge in [-0.1, -0.05) is 67.6 Å². The molecule has 1 aliphatic rings. The van der Waals surface area contributed by atoms with Crippen molar-refractivity contribution >= 4 is 29.1 Å². The third-order valence-corrected chi connectivity index (χ3v) is 8.17. The molecule has 0 fully saturated rings. The lowest BCUT2D eigenvalue weighted by molar-refractivity contribution is -0.384. The summed E-state index contributed by atoms with van der Waals surface area (Å²) < 4.78 is 13.5. The number of nitro groups is 1. The molecular formula is C33H31N3O6S. The standard InChI is InChI=1S/C33H31N3O6S/c1-5-41-32(38)29-21(4)34-33-35(30(29)24-14-12-23(13-15-24)20(2)3)31(37)28(43-33)18-25-8-6-7-9-27(25)42-19-22-10-16-26(17-11-22)36(39)40/h6-18,20,30H,5,19H2,1-4H3/b28-18-/t30-/m0/s1. The van der Waals surface area contributed by atoms with Crippen LogP contribution in [0.1, 0.15) is 61.9 Å². The fourth-order valence-electron chi connectivity index (χ4n) is 4.92. The van der Waals surface area contributed by atoms with Crippen molar-refractivity contribution in [1.82, 2.24) is 4.57 Å². The maximum absolute atomic E-state index is 14.0. The van der Waals surface area contributed by atoms with Crippen LogP contribution in [0.25, 0.3) is 6.08 Å². The van der Waals surface area contributed by atoms with Gasteiger partial charge < -0.3 is 9.47 Å². The van der Waals surface area contributed by atoms with Crippen LogP contribution in [0.3, 0.4) is 0 Å². The molecule has 0 N–H and O–H groups in total. The molecule has 0 saturated heterocycles. The van der Waals surface area contributed by atoms with E-state index in [1.54, 1.807) is 42.7 Å². The first-order valence-electron chi connectivity index (χ1n) is 13.9. The lowest BCUT2D eigenvalue weighted by atomic mass is 9.93. The van der Waals surface area contributed by atoms with E-state index in [1.165, 1.54) is 23.5 Å². The summed E-state index contributed by atoms with van der Waals surface area (Å²) in [6, 6.07) is 20.8. The van der Waals surface area contributed by atoms with Crippen molar-refractivity contribution in [3.63, 3.8) is 0 Å². The van der Waals surface area contributed by atoms with Gasteiger partial charge in [0.05, 0.1) is 33.4 Å². The maximum Gasteiger partial charge on any atom is 0.338 e. The number of esters is 1.